The largest absolute Gasteiger partial charge is 0.337 e. The summed E-state index contributed by atoms with van der Waals surface area (Å²) < 4.78 is 1.96. The molecule has 22 heavy (non-hydrogen) atoms. The molecule has 118 valence electrons. The van der Waals surface area contributed by atoms with Crippen LogP contribution in [-0.2, 0) is 13.1 Å². The molecule has 2 aromatic heterocycles. The number of hydrogen-bond acceptors (Lipinski definition) is 4. The molecule has 1 fully saturated rings. The Balaban J connectivity index is 1.56. The van der Waals surface area contributed by atoms with E-state index >= 15 is 0 Å². The second kappa shape index (κ2) is 7.07. The monoisotopic (exact) mass is 318 g/mol. The summed E-state index contributed by atoms with van der Waals surface area (Å²) in [5.41, 5.74) is 1.25. The van der Waals surface area contributed by atoms with Gasteiger partial charge in [0.1, 0.15) is 0 Å². The fourth-order valence-corrected chi connectivity index (χ4v) is 3.50. The molecular formula is C16H22N4OS. The lowest BCUT2D eigenvalue weighted by atomic mass is 10.3. The third-order valence-electron chi connectivity index (χ3n) is 4.02. The first kappa shape index (κ1) is 15.2. The van der Waals surface area contributed by atoms with Gasteiger partial charge in [-0.25, -0.2) is 0 Å². The summed E-state index contributed by atoms with van der Waals surface area (Å²) in [7, 11) is 0. The summed E-state index contributed by atoms with van der Waals surface area (Å²) >= 11 is 1.52. The molecule has 0 radical (unpaired) electrons. The molecule has 0 bridgehead atoms. The summed E-state index contributed by atoms with van der Waals surface area (Å²) in [6.45, 7) is 7.53. The lowest BCUT2D eigenvalue weighted by Gasteiger charge is -2.21. The fraction of sp³-hybridized carbons (Fsp3) is 0.500. The van der Waals surface area contributed by atoms with Crippen LogP contribution in [0.4, 0.5) is 0 Å². The lowest BCUT2D eigenvalue weighted by Crippen LogP contribution is -2.34. The molecule has 0 unspecified atom stereocenters. The Labute approximate surface area is 135 Å². The van der Waals surface area contributed by atoms with Crippen LogP contribution in [-0.4, -0.2) is 51.7 Å². The Morgan fingerprint density at radius 1 is 1.32 bits per heavy atom. The Kier molecular flexibility index (Phi) is 4.90. The van der Waals surface area contributed by atoms with E-state index in [-0.39, 0.29) is 5.91 Å². The number of carbonyl (C=O) groups is 1. The van der Waals surface area contributed by atoms with Gasteiger partial charge in [-0.05, 0) is 24.8 Å². The van der Waals surface area contributed by atoms with Gasteiger partial charge in [0.2, 0.25) is 0 Å². The molecule has 1 amide bonds. The molecule has 3 rings (SSSR count). The minimum absolute atomic E-state index is 0.177. The molecule has 1 aliphatic rings. The standard InChI is InChI=1S/C16H22N4OS/c1-2-20-13-14(11-17-20)12-18-6-4-7-19(9-8-18)16(21)15-5-3-10-22-15/h3,5,10-11,13H,2,4,6-9,12H2,1H3. The van der Waals surface area contributed by atoms with Crippen molar-refractivity contribution in [2.45, 2.75) is 26.4 Å². The van der Waals surface area contributed by atoms with Gasteiger partial charge in [-0.15, -0.1) is 11.3 Å². The van der Waals surface area contributed by atoms with Crippen molar-refractivity contribution in [3.63, 3.8) is 0 Å². The highest BCUT2D eigenvalue weighted by Crippen LogP contribution is 2.15. The molecule has 3 heterocycles. The van der Waals surface area contributed by atoms with Crippen LogP contribution in [0.5, 0.6) is 0 Å². The van der Waals surface area contributed by atoms with E-state index in [0.717, 1.165) is 50.6 Å². The Bertz CT molecular complexity index is 607. The predicted octanol–water partition coefficient (Wildman–Crippen LogP) is 2.31. The molecule has 0 aliphatic carbocycles. The van der Waals surface area contributed by atoms with Crippen molar-refractivity contribution in [1.29, 1.82) is 0 Å². The molecule has 0 N–H and O–H groups in total. The van der Waals surface area contributed by atoms with Crippen molar-refractivity contribution in [2.75, 3.05) is 26.2 Å². The van der Waals surface area contributed by atoms with E-state index in [4.69, 9.17) is 0 Å². The number of nitrogens with zero attached hydrogens (tertiary/aromatic N) is 4. The van der Waals surface area contributed by atoms with Crippen LogP contribution in [0.2, 0.25) is 0 Å². The van der Waals surface area contributed by atoms with E-state index in [1.165, 1.54) is 16.9 Å². The molecule has 0 aromatic carbocycles. The van der Waals surface area contributed by atoms with Crippen molar-refractivity contribution in [3.8, 4) is 0 Å². The normalized spacial score (nSPS) is 16.7. The summed E-state index contributed by atoms with van der Waals surface area (Å²) in [6, 6.07) is 3.85. The van der Waals surface area contributed by atoms with Crippen molar-refractivity contribution < 1.29 is 4.79 Å². The van der Waals surface area contributed by atoms with E-state index in [2.05, 4.69) is 23.1 Å². The number of hydrogen-bond donors (Lipinski definition) is 0. The van der Waals surface area contributed by atoms with Crippen LogP contribution in [0.25, 0.3) is 0 Å². The first-order chi connectivity index (χ1) is 10.8. The van der Waals surface area contributed by atoms with Gasteiger partial charge in [0.25, 0.3) is 5.91 Å². The first-order valence-corrected chi connectivity index (χ1v) is 8.70. The van der Waals surface area contributed by atoms with Crippen molar-refractivity contribution in [2.24, 2.45) is 0 Å². The molecule has 0 saturated carbocycles. The second-order valence-corrected chi connectivity index (χ2v) is 6.55. The molecule has 0 atom stereocenters. The summed E-state index contributed by atoms with van der Waals surface area (Å²) in [5, 5.41) is 6.29. The lowest BCUT2D eigenvalue weighted by molar-refractivity contribution is 0.0766. The number of rotatable bonds is 4. The van der Waals surface area contributed by atoms with E-state index in [1.807, 2.05) is 33.3 Å². The maximum Gasteiger partial charge on any atom is 0.263 e. The van der Waals surface area contributed by atoms with E-state index in [0.29, 0.717) is 0 Å². The molecule has 1 saturated heterocycles. The van der Waals surface area contributed by atoms with Crippen molar-refractivity contribution >= 4 is 17.2 Å². The molecule has 0 spiro atoms. The minimum Gasteiger partial charge on any atom is -0.337 e. The minimum atomic E-state index is 0.177. The number of aryl methyl sites for hydroxylation is 1. The number of thiophene rings is 1. The van der Waals surface area contributed by atoms with Gasteiger partial charge in [0.05, 0.1) is 11.1 Å². The van der Waals surface area contributed by atoms with Gasteiger partial charge < -0.3 is 4.90 Å². The SMILES string of the molecule is CCn1cc(CN2CCCN(C(=O)c3cccs3)CC2)cn1. The number of carbonyl (C=O) groups excluding carboxylic acids is 1. The Morgan fingerprint density at radius 3 is 2.95 bits per heavy atom. The summed E-state index contributed by atoms with van der Waals surface area (Å²) in [4.78, 5) is 17.7. The molecule has 5 nitrogen and oxygen atoms in total. The zero-order valence-corrected chi connectivity index (χ0v) is 13.8. The van der Waals surface area contributed by atoms with Crippen LogP contribution in [0.15, 0.2) is 29.9 Å². The first-order valence-electron chi connectivity index (χ1n) is 7.82. The van der Waals surface area contributed by atoms with Gasteiger partial charge in [0.15, 0.2) is 0 Å². The van der Waals surface area contributed by atoms with Crippen molar-refractivity contribution in [1.82, 2.24) is 19.6 Å². The van der Waals surface area contributed by atoms with Crippen LogP contribution in [0, 0.1) is 0 Å². The van der Waals surface area contributed by atoms with Gasteiger partial charge in [-0.1, -0.05) is 6.07 Å². The topological polar surface area (TPSA) is 41.4 Å². The highest BCUT2D eigenvalue weighted by Gasteiger charge is 2.21. The molecule has 1 aliphatic heterocycles. The van der Waals surface area contributed by atoms with E-state index < -0.39 is 0 Å². The maximum absolute atomic E-state index is 12.4. The van der Waals surface area contributed by atoms with Gasteiger partial charge >= 0.3 is 0 Å². The average Bonchev–Trinajstić information content (AvgIpc) is 3.16. The van der Waals surface area contributed by atoms with E-state index in [9.17, 15) is 4.79 Å². The van der Waals surface area contributed by atoms with Crippen molar-refractivity contribution in [3.05, 3.63) is 40.3 Å². The number of amides is 1. The third-order valence-corrected chi connectivity index (χ3v) is 4.88. The number of aromatic nitrogens is 2. The highest BCUT2D eigenvalue weighted by molar-refractivity contribution is 7.12. The predicted molar refractivity (Wildman–Crippen MR) is 88.0 cm³/mol. The van der Waals surface area contributed by atoms with Crippen LogP contribution >= 0.6 is 11.3 Å². The maximum atomic E-state index is 12.4. The van der Waals surface area contributed by atoms with Crippen LogP contribution in [0.1, 0.15) is 28.6 Å². The summed E-state index contributed by atoms with van der Waals surface area (Å²) in [5.74, 6) is 0.177. The summed E-state index contributed by atoms with van der Waals surface area (Å²) in [6.07, 6.45) is 5.08. The average molecular weight is 318 g/mol. The highest BCUT2D eigenvalue weighted by atomic mass is 32.1. The van der Waals surface area contributed by atoms with Crippen LogP contribution in [0.3, 0.4) is 0 Å². The quantitative estimate of drug-likeness (QED) is 0.869. The van der Waals surface area contributed by atoms with E-state index in [1.54, 1.807) is 0 Å². The zero-order valence-electron chi connectivity index (χ0n) is 12.9. The second-order valence-electron chi connectivity index (χ2n) is 5.60. The molecule has 2 aromatic rings. The van der Waals surface area contributed by atoms with Gasteiger partial charge in [-0.2, -0.15) is 5.10 Å². The zero-order chi connectivity index (χ0) is 15.4. The smallest absolute Gasteiger partial charge is 0.263 e. The Hall–Kier alpha value is -1.66. The fourth-order valence-electron chi connectivity index (χ4n) is 2.81. The van der Waals surface area contributed by atoms with Gasteiger partial charge in [0, 0.05) is 51.0 Å². The Morgan fingerprint density at radius 2 is 2.23 bits per heavy atom. The van der Waals surface area contributed by atoms with Gasteiger partial charge in [-0.3, -0.25) is 14.4 Å². The van der Waals surface area contributed by atoms with Crippen LogP contribution < -0.4 is 0 Å². The molecule has 6 heteroatoms. The molecular weight excluding hydrogens is 296 g/mol. The third kappa shape index (κ3) is 3.56.